The summed E-state index contributed by atoms with van der Waals surface area (Å²) in [7, 11) is 1.59. The second kappa shape index (κ2) is 6.59. The fraction of sp³-hybridized carbons (Fsp3) is 0.267. The number of pyridine rings is 1. The highest BCUT2D eigenvalue weighted by molar-refractivity contribution is 7.99. The second-order valence-electron chi connectivity index (χ2n) is 4.18. The van der Waals surface area contributed by atoms with E-state index >= 15 is 0 Å². The van der Waals surface area contributed by atoms with Crippen LogP contribution in [0.2, 0.25) is 0 Å². The Morgan fingerprint density at radius 1 is 1.26 bits per heavy atom. The molecule has 1 N–H and O–H groups in total. The molecule has 0 saturated carbocycles. The first-order valence-electron chi connectivity index (χ1n) is 6.07. The zero-order valence-electron chi connectivity index (χ0n) is 11.0. The summed E-state index contributed by atoms with van der Waals surface area (Å²) in [6.07, 6.45) is 1.03. The Labute approximate surface area is 117 Å². The molecule has 1 unspecified atom stereocenters. The molecule has 0 aliphatic rings. The van der Waals surface area contributed by atoms with Gasteiger partial charge in [-0.25, -0.2) is 0 Å². The van der Waals surface area contributed by atoms with Crippen molar-refractivity contribution in [1.82, 2.24) is 4.98 Å². The van der Waals surface area contributed by atoms with Gasteiger partial charge >= 0.3 is 0 Å². The van der Waals surface area contributed by atoms with E-state index in [1.165, 1.54) is 10.5 Å². The van der Waals surface area contributed by atoms with Crippen molar-refractivity contribution in [2.75, 3.05) is 12.9 Å². The summed E-state index contributed by atoms with van der Waals surface area (Å²) in [4.78, 5) is 5.37. The smallest absolute Gasteiger partial charge is 0.143 e. The van der Waals surface area contributed by atoms with Gasteiger partial charge < -0.3 is 9.84 Å². The van der Waals surface area contributed by atoms with Gasteiger partial charge in [-0.15, -0.1) is 11.8 Å². The maximum atomic E-state index is 10.2. The molecule has 0 amide bonds. The van der Waals surface area contributed by atoms with Gasteiger partial charge in [0.25, 0.3) is 0 Å². The summed E-state index contributed by atoms with van der Waals surface area (Å²) in [5.41, 5.74) is 1.80. The lowest BCUT2D eigenvalue weighted by Gasteiger charge is -2.13. The molecule has 1 aromatic heterocycles. The molecule has 1 atom stereocenters. The van der Waals surface area contributed by atoms with Gasteiger partial charge in [0.15, 0.2) is 0 Å². The zero-order chi connectivity index (χ0) is 13.7. The van der Waals surface area contributed by atoms with Crippen molar-refractivity contribution in [3.05, 3.63) is 53.9 Å². The first kappa shape index (κ1) is 13.9. The predicted molar refractivity (Wildman–Crippen MR) is 77.7 cm³/mol. The molecule has 0 bridgehead atoms. The van der Waals surface area contributed by atoms with Gasteiger partial charge in [0.05, 0.1) is 7.11 Å². The molecule has 3 nitrogen and oxygen atoms in total. The third-order valence-electron chi connectivity index (χ3n) is 2.83. The third kappa shape index (κ3) is 3.49. The van der Waals surface area contributed by atoms with E-state index in [9.17, 15) is 5.11 Å². The van der Waals surface area contributed by atoms with Crippen LogP contribution < -0.4 is 4.74 Å². The number of thioether (sulfide) groups is 1. The van der Waals surface area contributed by atoms with Crippen LogP contribution in [0.4, 0.5) is 0 Å². The van der Waals surface area contributed by atoms with Gasteiger partial charge in [0.2, 0.25) is 0 Å². The van der Waals surface area contributed by atoms with Crippen LogP contribution in [0.5, 0.6) is 5.75 Å². The van der Waals surface area contributed by atoms with Crippen molar-refractivity contribution in [3.8, 4) is 5.75 Å². The Morgan fingerprint density at radius 3 is 2.79 bits per heavy atom. The summed E-state index contributed by atoms with van der Waals surface area (Å²) in [6.45, 7) is 2.07. The Hall–Kier alpha value is -1.52. The molecule has 0 fully saturated rings. The maximum absolute atomic E-state index is 10.2. The van der Waals surface area contributed by atoms with Gasteiger partial charge in [-0.2, -0.15) is 0 Å². The molecule has 1 heterocycles. The predicted octanol–water partition coefficient (Wildman–Crippen LogP) is 3.22. The van der Waals surface area contributed by atoms with Crippen LogP contribution in [0.15, 0.2) is 47.5 Å². The lowest BCUT2D eigenvalue weighted by atomic mass is 10.2. The van der Waals surface area contributed by atoms with Crippen LogP contribution in [-0.2, 0) is 0 Å². The van der Waals surface area contributed by atoms with E-state index in [1.807, 2.05) is 18.2 Å². The summed E-state index contributed by atoms with van der Waals surface area (Å²) >= 11 is 1.62. The molecular formula is C15H17NO2S. The minimum absolute atomic E-state index is 0.554. The fourth-order valence-corrected chi connectivity index (χ4v) is 2.76. The Bertz CT molecular complexity index is 545. The molecule has 0 radical (unpaired) electrons. The van der Waals surface area contributed by atoms with E-state index in [1.54, 1.807) is 31.1 Å². The van der Waals surface area contributed by atoms with E-state index in [2.05, 4.69) is 24.0 Å². The van der Waals surface area contributed by atoms with Crippen molar-refractivity contribution in [2.24, 2.45) is 0 Å². The van der Waals surface area contributed by atoms with Gasteiger partial charge in [0, 0.05) is 16.8 Å². The number of ether oxygens (including phenoxy) is 1. The molecule has 0 aliphatic carbocycles. The SMILES string of the molecule is COc1cccnc1C(O)CSc1ccccc1C. The Morgan fingerprint density at radius 2 is 2.05 bits per heavy atom. The minimum Gasteiger partial charge on any atom is -0.495 e. The van der Waals surface area contributed by atoms with Gasteiger partial charge in [-0.3, -0.25) is 4.98 Å². The number of aliphatic hydroxyl groups excluding tert-OH is 1. The first-order valence-corrected chi connectivity index (χ1v) is 7.06. The molecule has 0 spiro atoms. The van der Waals surface area contributed by atoms with E-state index in [0.717, 1.165) is 0 Å². The summed E-state index contributed by atoms with van der Waals surface area (Å²) < 4.78 is 5.21. The minimum atomic E-state index is -0.638. The highest BCUT2D eigenvalue weighted by atomic mass is 32.2. The summed E-state index contributed by atoms with van der Waals surface area (Å²) in [5, 5.41) is 10.2. The molecule has 0 saturated heterocycles. The number of hydrogen-bond acceptors (Lipinski definition) is 4. The van der Waals surface area contributed by atoms with Crippen molar-refractivity contribution < 1.29 is 9.84 Å². The fourth-order valence-electron chi connectivity index (χ4n) is 1.79. The Balaban J connectivity index is 2.05. The van der Waals surface area contributed by atoms with Crippen molar-refractivity contribution in [1.29, 1.82) is 0 Å². The number of aliphatic hydroxyl groups is 1. The number of methoxy groups -OCH3 is 1. The molecule has 100 valence electrons. The molecule has 2 aromatic rings. The highest BCUT2D eigenvalue weighted by Crippen LogP contribution is 2.29. The number of benzene rings is 1. The van der Waals surface area contributed by atoms with Crippen LogP contribution in [0.25, 0.3) is 0 Å². The number of aromatic nitrogens is 1. The van der Waals surface area contributed by atoms with E-state index in [0.29, 0.717) is 17.2 Å². The van der Waals surface area contributed by atoms with E-state index in [-0.39, 0.29) is 0 Å². The number of nitrogens with zero attached hydrogens (tertiary/aromatic N) is 1. The quantitative estimate of drug-likeness (QED) is 0.851. The molecule has 2 rings (SSSR count). The number of rotatable bonds is 5. The number of aryl methyl sites for hydroxylation is 1. The molecular weight excluding hydrogens is 258 g/mol. The van der Waals surface area contributed by atoms with E-state index < -0.39 is 6.10 Å². The first-order chi connectivity index (χ1) is 9.22. The Kier molecular flexibility index (Phi) is 4.82. The summed E-state index contributed by atoms with van der Waals surface area (Å²) in [6, 6.07) is 11.7. The van der Waals surface area contributed by atoms with E-state index in [4.69, 9.17) is 4.74 Å². The maximum Gasteiger partial charge on any atom is 0.143 e. The standard InChI is InChI=1S/C15H17NO2S/c1-11-6-3-4-8-14(11)19-10-12(17)15-13(18-2)7-5-9-16-15/h3-9,12,17H,10H2,1-2H3. The topological polar surface area (TPSA) is 42.4 Å². The number of hydrogen-bond donors (Lipinski definition) is 1. The molecule has 19 heavy (non-hydrogen) atoms. The van der Waals surface area contributed by atoms with Crippen molar-refractivity contribution in [3.63, 3.8) is 0 Å². The largest absolute Gasteiger partial charge is 0.495 e. The van der Waals surface area contributed by atoms with Crippen LogP contribution in [0.3, 0.4) is 0 Å². The van der Waals surface area contributed by atoms with Gasteiger partial charge in [0.1, 0.15) is 17.5 Å². The molecule has 1 aromatic carbocycles. The summed E-state index contributed by atoms with van der Waals surface area (Å²) in [5.74, 6) is 1.18. The van der Waals surface area contributed by atoms with Gasteiger partial charge in [-0.05, 0) is 30.7 Å². The lowest BCUT2D eigenvalue weighted by Crippen LogP contribution is -2.05. The normalized spacial score (nSPS) is 12.2. The average molecular weight is 275 g/mol. The van der Waals surface area contributed by atoms with Crippen LogP contribution in [0.1, 0.15) is 17.4 Å². The average Bonchev–Trinajstić information content (AvgIpc) is 2.46. The van der Waals surface area contributed by atoms with Gasteiger partial charge in [-0.1, -0.05) is 18.2 Å². The highest BCUT2D eigenvalue weighted by Gasteiger charge is 2.15. The van der Waals surface area contributed by atoms with Crippen LogP contribution in [0, 0.1) is 6.92 Å². The lowest BCUT2D eigenvalue weighted by molar-refractivity contribution is 0.193. The van der Waals surface area contributed by atoms with Crippen LogP contribution >= 0.6 is 11.8 Å². The third-order valence-corrected chi connectivity index (χ3v) is 4.08. The van der Waals surface area contributed by atoms with Crippen molar-refractivity contribution >= 4 is 11.8 Å². The molecule has 4 heteroatoms. The monoisotopic (exact) mass is 275 g/mol. The van der Waals surface area contributed by atoms with Crippen LogP contribution in [-0.4, -0.2) is 23.0 Å². The zero-order valence-corrected chi connectivity index (χ0v) is 11.9. The van der Waals surface area contributed by atoms with Crippen molar-refractivity contribution in [2.45, 2.75) is 17.9 Å². The second-order valence-corrected chi connectivity index (χ2v) is 5.25. The molecule has 0 aliphatic heterocycles.